The average Bonchev–Trinajstić information content (AvgIpc) is 2.30. The van der Waals surface area contributed by atoms with Crippen molar-refractivity contribution in [3.8, 4) is 17.2 Å². The van der Waals surface area contributed by atoms with Gasteiger partial charge in [-0.1, -0.05) is 18.5 Å². The van der Waals surface area contributed by atoms with Crippen molar-refractivity contribution < 1.29 is 19.7 Å². The fraction of sp³-hybridized carbons (Fsp3) is 0.455. The zero-order valence-corrected chi connectivity index (χ0v) is 9.62. The van der Waals surface area contributed by atoms with Crippen molar-refractivity contribution in [2.45, 2.75) is 12.8 Å². The van der Waals surface area contributed by atoms with Crippen LogP contribution in [0.25, 0.3) is 0 Å². The van der Waals surface area contributed by atoms with Crippen LogP contribution in [0.2, 0.25) is 5.02 Å². The third-order valence-electron chi connectivity index (χ3n) is 2.56. The van der Waals surface area contributed by atoms with Crippen molar-refractivity contribution in [2.24, 2.45) is 0 Å². The van der Waals surface area contributed by atoms with Gasteiger partial charge < -0.3 is 19.7 Å². The molecule has 0 radical (unpaired) electrons. The quantitative estimate of drug-likeness (QED) is 0.835. The van der Waals surface area contributed by atoms with E-state index < -0.39 is 0 Å². The molecule has 0 amide bonds. The zero-order chi connectivity index (χ0) is 11.7. The summed E-state index contributed by atoms with van der Waals surface area (Å²) in [6, 6.07) is 1.53. The van der Waals surface area contributed by atoms with E-state index in [4.69, 9.17) is 26.2 Å². The fourth-order valence-electron chi connectivity index (χ4n) is 1.72. The molecule has 1 aromatic rings. The first kappa shape index (κ1) is 11.4. The highest BCUT2D eigenvalue weighted by molar-refractivity contribution is 6.32. The van der Waals surface area contributed by atoms with Gasteiger partial charge in [0.25, 0.3) is 0 Å². The first-order chi connectivity index (χ1) is 7.65. The van der Waals surface area contributed by atoms with Gasteiger partial charge in [-0.2, -0.15) is 0 Å². The Bertz CT molecular complexity index is 405. The van der Waals surface area contributed by atoms with Gasteiger partial charge in [0.15, 0.2) is 11.5 Å². The number of hydrogen-bond donors (Lipinski definition) is 2. The van der Waals surface area contributed by atoms with E-state index in [1.54, 1.807) is 6.92 Å². The van der Waals surface area contributed by atoms with Crippen LogP contribution >= 0.6 is 11.6 Å². The number of fused-ring (bicyclic) bond motifs is 1. The molecule has 88 valence electrons. The molecule has 0 saturated carbocycles. The normalized spacial score (nSPS) is 15.9. The molecule has 0 bridgehead atoms. The third kappa shape index (κ3) is 1.79. The van der Waals surface area contributed by atoms with Crippen LogP contribution in [0.1, 0.15) is 18.4 Å². The maximum absolute atomic E-state index is 9.88. The van der Waals surface area contributed by atoms with E-state index >= 15 is 0 Å². The minimum atomic E-state index is -0.255. The number of rotatable bonds is 2. The summed E-state index contributed by atoms with van der Waals surface area (Å²) in [6.07, 6.45) is 0. The number of hydrogen-bond acceptors (Lipinski definition) is 4. The molecule has 0 spiro atoms. The Balaban J connectivity index is 2.59. The van der Waals surface area contributed by atoms with E-state index in [9.17, 15) is 5.11 Å². The highest BCUT2D eigenvalue weighted by Gasteiger charge is 2.25. The lowest BCUT2D eigenvalue weighted by molar-refractivity contribution is 0.166. The largest absolute Gasteiger partial charge is 0.506 e. The summed E-state index contributed by atoms with van der Waals surface area (Å²) in [4.78, 5) is 0. The Morgan fingerprint density at radius 1 is 1.44 bits per heavy atom. The fourth-order valence-corrected chi connectivity index (χ4v) is 1.92. The standard InChI is InChI=1S/C11H13ClO4/c1-6(5-13)9-10(14)7(12)4-8-11(9)16-3-2-15-8/h4,6,13-14H,2-3,5H2,1H3. The molecule has 1 aliphatic heterocycles. The molecule has 1 aliphatic rings. The molecule has 0 aromatic heterocycles. The molecule has 16 heavy (non-hydrogen) atoms. The smallest absolute Gasteiger partial charge is 0.168 e. The van der Waals surface area contributed by atoms with Gasteiger partial charge in [0.05, 0.1) is 5.02 Å². The van der Waals surface area contributed by atoms with E-state index in [-0.39, 0.29) is 23.3 Å². The van der Waals surface area contributed by atoms with Crippen molar-refractivity contribution in [3.05, 3.63) is 16.7 Å². The molecule has 0 fully saturated rings. The lowest BCUT2D eigenvalue weighted by atomic mass is 9.99. The summed E-state index contributed by atoms with van der Waals surface area (Å²) in [5.41, 5.74) is 0.504. The van der Waals surface area contributed by atoms with Crippen molar-refractivity contribution >= 4 is 11.6 Å². The SMILES string of the molecule is CC(CO)c1c(O)c(Cl)cc2c1OCCO2. The Labute approximate surface area is 98.4 Å². The average molecular weight is 245 g/mol. The summed E-state index contributed by atoms with van der Waals surface area (Å²) in [5.74, 6) is 0.695. The Morgan fingerprint density at radius 3 is 2.81 bits per heavy atom. The van der Waals surface area contributed by atoms with Crippen LogP contribution in [-0.2, 0) is 0 Å². The maximum atomic E-state index is 9.88. The van der Waals surface area contributed by atoms with Gasteiger partial charge in [-0.3, -0.25) is 0 Å². The van der Waals surface area contributed by atoms with E-state index in [1.807, 2.05) is 0 Å². The van der Waals surface area contributed by atoms with Crippen LogP contribution in [-0.4, -0.2) is 30.0 Å². The zero-order valence-electron chi connectivity index (χ0n) is 8.86. The molecule has 1 unspecified atom stereocenters. The van der Waals surface area contributed by atoms with Gasteiger partial charge in [-0.15, -0.1) is 0 Å². The monoisotopic (exact) mass is 244 g/mol. The van der Waals surface area contributed by atoms with Crippen LogP contribution < -0.4 is 9.47 Å². The van der Waals surface area contributed by atoms with Crippen LogP contribution in [0.15, 0.2) is 6.07 Å². The number of halogens is 1. The highest BCUT2D eigenvalue weighted by atomic mass is 35.5. The highest BCUT2D eigenvalue weighted by Crippen LogP contribution is 2.46. The second-order valence-electron chi connectivity index (χ2n) is 3.73. The number of ether oxygens (including phenoxy) is 2. The molecule has 2 N–H and O–H groups in total. The second-order valence-corrected chi connectivity index (χ2v) is 4.14. The van der Waals surface area contributed by atoms with Crippen LogP contribution in [0.5, 0.6) is 17.2 Å². The number of aliphatic hydroxyl groups excluding tert-OH is 1. The molecule has 5 heteroatoms. The van der Waals surface area contributed by atoms with Crippen molar-refractivity contribution in [1.29, 1.82) is 0 Å². The third-order valence-corrected chi connectivity index (χ3v) is 2.85. The summed E-state index contributed by atoms with van der Waals surface area (Å²) in [6.45, 7) is 2.58. The molecule has 2 rings (SSSR count). The van der Waals surface area contributed by atoms with Gasteiger partial charge in [0, 0.05) is 24.2 Å². The minimum Gasteiger partial charge on any atom is -0.506 e. The number of phenolic OH excluding ortho intramolecular Hbond substituents is 1. The topological polar surface area (TPSA) is 58.9 Å². The Kier molecular flexibility index (Phi) is 3.12. The lowest BCUT2D eigenvalue weighted by Crippen LogP contribution is -2.17. The van der Waals surface area contributed by atoms with Crippen LogP contribution in [0.4, 0.5) is 0 Å². The van der Waals surface area contributed by atoms with E-state index in [0.29, 0.717) is 30.3 Å². The van der Waals surface area contributed by atoms with Crippen LogP contribution in [0.3, 0.4) is 0 Å². The first-order valence-corrected chi connectivity index (χ1v) is 5.44. The number of aromatic hydroxyl groups is 1. The summed E-state index contributed by atoms with van der Waals surface area (Å²) >= 11 is 5.88. The predicted octanol–water partition coefficient (Wildman–Crippen LogP) is 1.91. The predicted molar refractivity (Wildman–Crippen MR) is 59.6 cm³/mol. The van der Waals surface area contributed by atoms with E-state index in [1.165, 1.54) is 6.07 Å². The van der Waals surface area contributed by atoms with Crippen LogP contribution in [0, 0.1) is 0 Å². The molecule has 0 aliphatic carbocycles. The molecular formula is C11H13ClO4. The lowest BCUT2D eigenvalue weighted by Gasteiger charge is -2.24. The molecular weight excluding hydrogens is 232 g/mol. The number of aliphatic hydroxyl groups is 1. The van der Waals surface area contributed by atoms with E-state index in [2.05, 4.69) is 0 Å². The molecule has 1 atom stereocenters. The summed E-state index contributed by atoms with van der Waals surface area (Å²) in [5, 5.41) is 19.2. The minimum absolute atomic E-state index is 0.0486. The summed E-state index contributed by atoms with van der Waals surface area (Å²) in [7, 11) is 0. The first-order valence-electron chi connectivity index (χ1n) is 5.07. The van der Waals surface area contributed by atoms with E-state index in [0.717, 1.165) is 0 Å². The maximum Gasteiger partial charge on any atom is 0.168 e. The van der Waals surface area contributed by atoms with Gasteiger partial charge in [-0.05, 0) is 0 Å². The molecule has 4 nitrogen and oxygen atoms in total. The Hall–Kier alpha value is -1.13. The Morgan fingerprint density at radius 2 is 2.12 bits per heavy atom. The molecule has 1 heterocycles. The van der Waals surface area contributed by atoms with Crippen molar-refractivity contribution in [3.63, 3.8) is 0 Å². The molecule has 1 aromatic carbocycles. The number of phenols is 1. The summed E-state index contributed by atoms with van der Waals surface area (Å²) < 4.78 is 10.9. The number of benzene rings is 1. The van der Waals surface area contributed by atoms with Crippen molar-refractivity contribution in [1.82, 2.24) is 0 Å². The second kappa shape index (κ2) is 4.39. The van der Waals surface area contributed by atoms with Gasteiger partial charge >= 0.3 is 0 Å². The van der Waals surface area contributed by atoms with Gasteiger partial charge in [-0.25, -0.2) is 0 Å². The van der Waals surface area contributed by atoms with Crippen molar-refractivity contribution in [2.75, 3.05) is 19.8 Å². The molecule has 0 saturated heterocycles. The van der Waals surface area contributed by atoms with Gasteiger partial charge in [0.2, 0.25) is 0 Å². The van der Waals surface area contributed by atoms with Gasteiger partial charge in [0.1, 0.15) is 19.0 Å².